The van der Waals surface area contributed by atoms with Crippen molar-refractivity contribution in [1.82, 2.24) is 9.97 Å². The fraction of sp³-hybridized carbons (Fsp3) is 0.750. The third kappa shape index (κ3) is 3.62. The second kappa shape index (κ2) is 7.46. The van der Waals surface area contributed by atoms with E-state index in [9.17, 15) is 0 Å². The van der Waals surface area contributed by atoms with Gasteiger partial charge >= 0.3 is 0 Å². The topological polar surface area (TPSA) is 41.1 Å². The van der Waals surface area contributed by atoms with Gasteiger partial charge in [-0.25, -0.2) is 9.97 Å². The molecule has 2 rings (SSSR count). The van der Waals surface area contributed by atoms with Crippen LogP contribution in [0, 0.1) is 0 Å². The molecular formula is C16H28N4. The maximum absolute atomic E-state index is 4.80. The van der Waals surface area contributed by atoms with E-state index in [1.54, 1.807) is 0 Å². The van der Waals surface area contributed by atoms with Crippen LogP contribution in [0.25, 0.3) is 0 Å². The van der Waals surface area contributed by atoms with E-state index in [4.69, 9.17) is 4.98 Å². The van der Waals surface area contributed by atoms with Gasteiger partial charge in [-0.05, 0) is 32.1 Å². The van der Waals surface area contributed by atoms with E-state index in [1.807, 2.05) is 7.05 Å². The summed E-state index contributed by atoms with van der Waals surface area (Å²) in [4.78, 5) is 11.9. The second-order valence-corrected chi connectivity index (χ2v) is 5.66. The minimum Gasteiger partial charge on any atom is -0.373 e. The van der Waals surface area contributed by atoms with Crippen molar-refractivity contribution >= 4 is 11.6 Å². The number of anilines is 2. The van der Waals surface area contributed by atoms with E-state index in [-0.39, 0.29) is 0 Å². The molecule has 1 N–H and O–H groups in total. The summed E-state index contributed by atoms with van der Waals surface area (Å²) in [7, 11) is 1.93. The van der Waals surface area contributed by atoms with Crippen molar-refractivity contribution in [2.45, 2.75) is 64.8 Å². The highest BCUT2D eigenvalue weighted by Gasteiger charge is 2.23. The van der Waals surface area contributed by atoms with Gasteiger partial charge in [0.15, 0.2) is 0 Å². The molecule has 1 saturated heterocycles. The minimum atomic E-state index is 0.655. The van der Waals surface area contributed by atoms with E-state index < -0.39 is 0 Å². The van der Waals surface area contributed by atoms with Crippen molar-refractivity contribution in [3.05, 3.63) is 11.9 Å². The van der Waals surface area contributed by atoms with Gasteiger partial charge < -0.3 is 10.2 Å². The number of nitrogens with one attached hydrogen (secondary N) is 1. The van der Waals surface area contributed by atoms with Gasteiger partial charge in [-0.3, -0.25) is 0 Å². The van der Waals surface area contributed by atoms with Crippen LogP contribution in [0.5, 0.6) is 0 Å². The molecule has 0 amide bonds. The van der Waals surface area contributed by atoms with E-state index in [0.717, 1.165) is 36.8 Å². The summed E-state index contributed by atoms with van der Waals surface area (Å²) in [5, 5.41) is 3.17. The van der Waals surface area contributed by atoms with Crippen LogP contribution in [-0.2, 0) is 6.42 Å². The molecule has 1 aromatic rings. The molecule has 0 spiro atoms. The average molecular weight is 276 g/mol. The SMILES string of the molecule is CCCc1nc(NC)cc(N2CCCCC2CCC)n1. The Morgan fingerprint density at radius 2 is 2.10 bits per heavy atom. The predicted molar refractivity (Wildman–Crippen MR) is 85.5 cm³/mol. The van der Waals surface area contributed by atoms with E-state index in [2.05, 4.69) is 35.1 Å². The molecule has 1 aliphatic rings. The zero-order valence-corrected chi connectivity index (χ0v) is 13.2. The highest BCUT2D eigenvalue weighted by molar-refractivity contribution is 5.50. The molecule has 1 fully saturated rings. The Morgan fingerprint density at radius 1 is 1.25 bits per heavy atom. The van der Waals surface area contributed by atoms with E-state index in [0.29, 0.717) is 6.04 Å². The largest absolute Gasteiger partial charge is 0.373 e. The Bertz CT molecular complexity index is 417. The molecule has 0 aliphatic carbocycles. The summed E-state index contributed by atoms with van der Waals surface area (Å²) in [6.45, 7) is 5.58. The Balaban J connectivity index is 2.26. The first kappa shape index (κ1) is 15.1. The lowest BCUT2D eigenvalue weighted by molar-refractivity contribution is 0.431. The molecule has 1 unspecified atom stereocenters. The quantitative estimate of drug-likeness (QED) is 0.861. The van der Waals surface area contributed by atoms with Gasteiger partial charge in [-0.15, -0.1) is 0 Å². The summed E-state index contributed by atoms with van der Waals surface area (Å²) in [5.41, 5.74) is 0. The van der Waals surface area contributed by atoms with Crippen LogP contribution in [-0.4, -0.2) is 29.6 Å². The molecule has 4 heteroatoms. The highest BCUT2D eigenvalue weighted by atomic mass is 15.2. The number of nitrogens with zero attached hydrogens (tertiary/aromatic N) is 3. The van der Waals surface area contributed by atoms with Crippen molar-refractivity contribution in [1.29, 1.82) is 0 Å². The third-order valence-electron chi connectivity index (χ3n) is 4.03. The molecule has 4 nitrogen and oxygen atoms in total. The average Bonchev–Trinajstić information content (AvgIpc) is 2.48. The third-order valence-corrected chi connectivity index (χ3v) is 4.03. The molecule has 1 aromatic heterocycles. The Labute approximate surface area is 123 Å². The lowest BCUT2D eigenvalue weighted by atomic mass is 9.98. The molecule has 0 aromatic carbocycles. The summed E-state index contributed by atoms with van der Waals surface area (Å²) < 4.78 is 0. The van der Waals surface area contributed by atoms with Gasteiger partial charge in [0.2, 0.25) is 0 Å². The fourth-order valence-electron chi connectivity index (χ4n) is 3.03. The van der Waals surface area contributed by atoms with Crippen LogP contribution in [0.1, 0.15) is 58.2 Å². The lowest BCUT2D eigenvalue weighted by Gasteiger charge is -2.37. The first-order chi connectivity index (χ1) is 9.78. The normalized spacial score (nSPS) is 19.1. The zero-order chi connectivity index (χ0) is 14.4. The van der Waals surface area contributed by atoms with Crippen molar-refractivity contribution in [3.8, 4) is 0 Å². The van der Waals surface area contributed by atoms with Gasteiger partial charge in [0.05, 0.1) is 0 Å². The Hall–Kier alpha value is -1.32. The molecule has 1 atom stereocenters. The molecule has 20 heavy (non-hydrogen) atoms. The maximum atomic E-state index is 4.80. The number of rotatable bonds is 6. The second-order valence-electron chi connectivity index (χ2n) is 5.66. The summed E-state index contributed by atoms with van der Waals surface area (Å²) in [6, 6.07) is 2.76. The number of hydrogen-bond donors (Lipinski definition) is 1. The zero-order valence-electron chi connectivity index (χ0n) is 13.2. The van der Waals surface area contributed by atoms with Crippen LogP contribution < -0.4 is 10.2 Å². The molecule has 0 radical (unpaired) electrons. The summed E-state index contributed by atoms with van der Waals surface area (Å²) >= 11 is 0. The van der Waals surface area contributed by atoms with Gasteiger partial charge in [-0.2, -0.15) is 0 Å². The molecule has 1 aliphatic heterocycles. The molecule has 2 heterocycles. The van der Waals surface area contributed by atoms with Gasteiger partial charge in [0.1, 0.15) is 17.5 Å². The van der Waals surface area contributed by atoms with Crippen LogP contribution in [0.15, 0.2) is 6.07 Å². The standard InChI is InChI=1S/C16H28N4/c1-4-8-13-10-6-7-11-20(13)16-12-15(17-3)18-14(19-16)9-5-2/h12-13H,4-11H2,1-3H3,(H,17,18,19). The Kier molecular flexibility index (Phi) is 5.62. The molecular weight excluding hydrogens is 248 g/mol. The van der Waals surface area contributed by atoms with E-state index in [1.165, 1.54) is 32.1 Å². The number of piperidine rings is 1. The fourth-order valence-corrected chi connectivity index (χ4v) is 3.03. The smallest absolute Gasteiger partial charge is 0.134 e. The predicted octanol–water partition coefficient (Wildman–Crippen LogP) is 3.63. The van der Waals surface area contributed by atoms with Crippen LogP contribution in [0.4, 0.5) is 11.6 Å². The van der Waals surface area contributed by atoms with Crippen molar-refractivity contribution in [2.75, 3.05) is 23.8 Å². The first-order valence-electron chi connectivity index (χ1n) is 8.10. The van der Waals surface area contributed by atoms with Gasteiger partial charge in [0.25, 0.3) is 0 Å². The van der Waals surface area contributed by atoms with Crippen molar-refractivity contribution in [3.63, 3.8) is 0 Å². The molecule has 0 saturated carbocycles. The number of aryl methyl sites for hydroxylation is 1. The first-order valence-corrected chi connectivity index (χ1v) is 8.10. The molecule has 0 bridgehead atoms. The lowest BCUT2D eigenvalue weighted by Crippen LogP contribution is -2.40. The van der Waals surface area contributed by atoms with Crippen LogP contribution in [0.2, 0.25) is 0 Å². The highest BCUT2D eigenvalue weighted by Crippen LogP contribution is 2.27. The van der Waals surface area contributed by atoms with Gasteiger partial charge in [0, 0.05) is 32.1 Å². The van der Waals surface area contributed by atoms with Gasteiger partial charge in [-0.1, -0.05) is 20.3 Å². The van der Waals surface area contributed by atoms with Crippen molar-refractivity contribution < 1.29 is 0 Å². The van der Waals surface area contributed by atoms with E-state index >= 15 is 0 Å². The maximum Gasteiger partial charge on any atom is 0.134 e. The number of aromatic nitrogens is 2. The summed E-state index contributed by atoms with van der Waals surface area (Å²) in [5.74, 6) is 3.03. The van der Waals surface area contributed by atoms with Crippen LogP contribution >= 0.6 is 0 Å². The minimum absolute atomic E-state index is 0.655. The Morgan fingerprint density at radius 3 is 2.80 bits per heavy atom. The van der Waals surface area contributed by atoms with Crippen LogP contribution in [0.3, 0.4) is 0 Å². The molecule has 112 valence electrons. The monoisotopic (exact) mass is 276 g/mol. The number of hydrogen-bond acceptors (Lipinski definition) is 4. The van der Waals surface area contributed by atoms with Crippen molar-refractivity contribution in [2.24, 2.45) is 0 Å². The summed E-state index contributed by atoms with van der Waals surface area (Å²) in [6.07, 6.45) is 8.49.